The van der Waals surface area contributed by atoms with E-state index in [-0.39, 0.29) is 29.0 Å². The van der Waals surface area contributed by atoms with Crippen LogP contribution in [0.5, 0.6) is 0 Å². The molecule has 0 radical (unpaired) electrons. The monoisotopic (exact) mass is 400 g/mol. The Labute approximate surface area is 173 Å². The third kappa shape index (κ3) is 4.34. The molecule has 4 fully saturated rings. The lowest BCUT2D eigenvalue weighted by Gasteiger charge is -2.55. The molecule has 2 amide bonds. The standard InChI is InChI=1S/C24H33FN2O2/c1-15(2)21(22(28)26-7-6-16-4-3-5-20(25)11-16)27-23(29)24-12-17-8-18(13-24)10-19(9-17)14-24/h3-5,11,15,17-19,21H,6-10,12-14H2,1-2H3,(H,26,28)(H,27,29)/t17?,18?,19?,21-,24?/m1/s1. The summed E-state index contributed by atoms with van der Waals surface area (Å²) in [6, 6.07) is 5.90. The van der Waals surface area contributed by atoms with Crippen molar-refractivity contribution < 1.29 is 14.0 Å². The summed E-state index contributed by atoms with van der Waals surface area (Å²) in [5, 5.41) is 6.06. The van der Waals surface area contributed by atoms with Crippen LogP contribution in [0.25, 0.3) is 0 Å². The Bertz CT molecular complexity index is 741. The van der Waals surface area contributed by atoms with Crippen LogP contribution in [0.3, 0.4) is 0 Å². The molecule has 5 heteroatoms. The summed E-state index contributed by atoms with van der Waals surface area (Å²) in [5.74, 6) is 1.79. The first-order valence-electron chi connectivity index (χ1n) is 11.2. The molecule has 4 nitrogen and oxygen atoms in total. The van der Waals surface area contributed by atoms with Crippen molar-refractivity contribution in [1.29, 1.82) is 0 Å². The van der Waals surface area contributed by atoms with E-state index in [1.807, 2.05) is 19.9 Å². The van der Waals surface area contributed by atoms with Gasteiger partial charge in [-0.05, 0) is 86.3 Å². The minimum Gasteiger partial charge on any atom is -0.354 e. The fraction of sp³-hybridized carbons (Fsp3) is 0.667. The first-order valence-corrected chi connectivity index (χ1v) is 11.2. The van der Waals surface area contributed by atoms with Crippen molar-refractivity contribution in [3.63, 3.8) is 0 Å². The van der Waals surface area contributed by atoms with Crippen LogP contribution in [0.15, 0.2) is 24.3 Å². The van der Waals surface area contributed by atoms with Crippen LogP contribution in [0.4, 0.5) is 4.39 Å². The van der Waals surface area contributed by atoms with Gasteiger partial charge in [0.05, 0.1) is 0 Å². The third-order valence-electron chi connectivity index (χ3n) is 7.36. The van der Waals surface area contributed by atoms with Crippen molar-refractivity contribution in [3.8, 4) is 0 Å². The number of carbonyl (C=O) groups is 2. The molecule has 0 saturated heterocycles. The smallest absolute Gasteiger partial charge is 0.242 e. The van der Waals surface area contributed by atoms with E-state index < -0.39 is 6.04 Å². The largest absolute Gasteiger partial charge is 0.354 e. The van der Waals surface area contributed by atoms with Crippen molar-refractivity contribution in [3.05, 3.63) is 35.6 Å². The Morgan fingerprint density at radius 3 is 2.28 bits per heavy atom. The topological polar surface area (TPSA) is 58.2 Å². The second-order valence-electron chi connectivity index (χ2n) is 10.1. The average molecular weight is 401 g/mol. The number of rotatable bonds is 7. The lowest BCUT2D eigenvalue weighted by molar-refractivity contribution is -0.149. The van der Waals surface area contributed by atoms with Crippen molar-refractivity contribution in [2.45, 2.75) is 64.8 Å². The molecule has 0 spiro atoms. The molecule has 1 aromatic rings. The average Bonchev–Trinajstić information content (AvgIpc) is 2.64. The van der Waals surface area contributed by atoms with E-state index in [0.717, 1.165) is 24.8 Å². The minimum atomic E-state index is -0.525. The molecular formula is C24H33FN2O2. The van der Waals surface area contributed by atoms with Crippen molar-refractivity contribution >= 4 is 11.8 Å². The van der Waals surface area contributed by atoms with Crippen molar-refractivity contribution in [1.82, 2.24) is 10.6 Å². The van der Waals surface area contributed by atoms with Gasteiger partial charge in [0.2, 0.25) is 11.8 Å². The fourth-order valence-corrected chi connectivity index (χ4v) is 6.35. The van der Waals surface area contributed by atoms with E-state index in [0.29, 0.717) is 30.7 Å². The summed E-state index contributed by atoms with van der Waals surface area (Å²) in [6.07, 6.45) is 7.43. The number of halogens is 1. The molecule has 4 aliphatic carbocycles. The van der Waals surface area contributed by atoms with E-state index in [4.69, 9.17) is 0 Å². The molecule has 0 heterocycles. The van der Waals surface area contributed by atoms with Gasteiger partial charge in [0, 0.05) is 12.0 Å². The molecule has 4 aliphatic rings. The van der Waals surface area contributed by atoms with E-state index >= 15 is 0 Å². The van der Waals surface area contributed by atoms with Gasteiger partial charge in [-0.2, -0.15) is 0 Å². The zero-order chi connectivity index (χ0) is 20.6. The quantitative estimate of drug-likeness (QED) is 0.731. The molecule has 0 aromatic heterocycles. The SMILES string of the molecule is CC(C)[C@@H](NC(=O)C12CC3CC(CC(C3)C1)C2)C(=O)NCCc1cccc(F)c1. The molecule has 158 valence electrons. The first kappa shape index (κ1) is 20.4. The summed E-state index contributed by atoms with van der Waals surface area (Å²) in [5.41, 5.74) is 0.605. The van der Waals surface area contributed by atoms with Gasteiger partial charge < -0.3 is 10.6 Å². The van der Waals surface area contributed by atoms with Crippen LogP contribution in [0, 0.1) is 34.9 Å². The zero-order valence-electron chi connectivity index (χ0n) is 17.5. The third-order valence-corrected chi connectivity index (χ3v) is 7.36. The summed E-state index contributed by atoms with van der Waals surface area (Å²) in [4.78, 5) is 26.1. The molecule has 2 N–H and O–H groups in total. The van der Waals surface area contributed by atoms with Crippen molar-refractivity contribution in [2.75, 3.05) is 6.54 Å². The van der Waals surface area contributed by atoms with Gasteiger partial charge in [-0.3, -0.25) is 9.59 Å². The van der Waals surface area contributed by atoms with Gasteiger partial charge >= 0.3 is 0 Å². The van der Waals surface area contributed by atoms with Crippen LogP contribution in [0.1, 0.15) is 57.9 Å². The lowest BCUT2D eigenvalue weighted by Crippen LogP contribution is -2.58. The van der Waals surface area contributed by atoms with Gasteiger partial charge in [0.1, 0.15) is 11.9 Å². The van der Waals surface area contributed by atoms with Crippen LogP contribution in [-0.4, -0.2) is 24.4 Å². The predicted octanol–water partition coefficient (Wildman–Crippen LogP) is 3.84. The van der Waals surface area contributed by atoms with E-state index in [1.54, 1.807) is 6.07 Å². The normalized spacial score (nSPS) is 31.0. The second-order valence-corrected chi connectivity index (χ2v) is 10.1. The minimum absolute atomic E-state index is 0.0158. The Balaban J connectivity index is 1.35. The molecule has 4 saturated carbocycles. The number of hydrogen-bond acceptors (Lipinski definition) is 2. The highest BCUT2D eigenvalue weighted by atomic mass is 19.1. The fourth-order valence-electron chi connectivity index (χ4n) is 6.35. The number of benzene rings is 1. The van der Waals surface area contributed by atoms with E-state index in [2.05, 4.69) is 10.6 Å². The van der Waals surface area contributed by atoms with E-state index in [1.165, 1.54) is 31.4 Å². The second kappa shape index (κ2) is 8.08. The Kier molecular flexibility index (Phi) is 5.67. The lowest BCUT2D eigenvalue weighted by atomic mass is 9.49. The highest BCUT2D eigenvalue weighted by Gasteiger charge is 2.55. The van der Waals surface area contributed by atoms with Crippen LogP contribution in [0.2, 0.25) is 0 Å². The maximum Gasteiger partial charge on any atom is 0.242 e. The Hall–Kier alpha value is -1.91. The molecule has 5 rings (SSSR count). The van der Waals surface area contributed by atoms with Crippen LogP contribution in [-0.2, 0) is 16.0 Å². The van der Waals surface area contributed by atoms with Gasteiger partial charge in [-0.25, -0.2) is 4.39 Å². The van der Waals surface area contributed by atoms with Crippen LogP contribution >= 0.6 is 0 Å². The van der Waals surface area contributed by atoms with Crippen molar-refractivity contribution in [2.24, 2.45) is 29.1 Å². The molecule has 0 unspecified atom stereocenters. The molecule has 0 aliphatic heterocycles. The maximum atomic E-state index is 13.3. The predicted molar refractivity (Wildman–Crippen MR) is 110 cm³/mol. The summed E-state index contributed by atoms with van der Waals surface area (Å²) in [7, 11) is 0. The maximum absolute atomic E-state index is 13.3. The number of nitrogens with one attached hydrogen (secondary N) is 2. The van der Waals surface area contributed by atoms with E-state index in [9.17, 15) is 14.0 Å². The van der Waals surface area contributed by atoms with Gasteiger partial charge in [0.15, 0.2) is 0 Å². The summed E-state index contributed by atoms with van der Waals surface area (Å²) >= 11 is 0. The Morgan fingerprint density at radius 1 is 1.10 bits per heavy atom. The number of hydrogen-bond donors (Lipinski definition) is 2. The molecule has 4 bridgehead atoms. The molecular weight excluding hydrogens is 367 g/mol. The van der Waals surface area contributed by atoms with Gasteiger partial charge in [0.25, 0.3) is 0 Å². The first-order chi connectivity index (χ1) is 13.8. The summed E-state index contributed by atoms with van der Waals surface area (Å²) < 4.78 is 13.3. The highest BCUT2D eigenvalue weighted by Crippen LogP contribution is 2.60. The molecule has 1 aromatic carbocycles. The number of amides is 2. The zero-order valence-corrected chi connectivity index (χ0v) is 17.5. The molecule has 1 atom stereocenters. The van der Waals surface area contributed by atoms with Crippen LogP contribution < -0.4 is 10.6 Å². The number of carbonyl (C=O) groups excluding carboxylic acids is 2. The highest BCUT2D eigenvalue weighted by molar-refractivity contribution is 5.90. The Morgan fingerprint density at radius 2 is 1.72 bits per heavy atom. The van der Waals surface area contributed by atoms with Gasteiger partial charge in [-0.1, -0.05) is 26.0 Å². The molecule has 29 heavy (non-hydrogen) atoms. The summed E-state index contributed by atoms with van der Waals surface area (Å²) in [6.45, 7) is 4.37. The van der Waals surface area contributed by atoms with Gasteiger partial charge in [-0.15, -0.1) is 0 Å².